The molecule has 0 saturated carbocycles. The molecule has 12 heteroatoms. The zero-order valence-corrected chi connectivity index (χ0v) is 22.2. The second-order valence-corrected chi connectivity index (χ2v) is 10.9. The van der Waals surface area contributed by atoms with Crippen LogP contribution in [0.5, 0.6) is 0 Å². The molecule has 0 amide bonds. The number of sulfonamides is 1. The third kappa shape index (κ3) is 6.36. The summed E-state index contributed by atoms with van der Waals surface area (Å²) < 4.78 is 81.1. The van der Waals surface area contributed by atoms with E-state index in [0.717, 1.165) is 29.9 Å². The maximum atomic E-state index is 13.6. The number of esters is 1. The smallest absolute Gasteiger partial charge is 0.418 e. The quantitative estimate of drug-likeness (QED) is 0.370. The van der Waals surface area contributed by atoms with Crippen molar-refractivity contribution in [3.05, 3.63) is 71.4 Å². The van der Waals surface area contributed by atoms with Crippen molar-refractivity contribution in [1.29, 1.82) is 0 Å². The molecule has 0 bridgehead atoms. The third-order valence-electron chi connectivity index (χ3n) is 5.36. The molecule has 3 aromatic rings. The first-order valence-corrected chi connectivity index (χ1v) is 12.9. The van der Waals surface area contributed by atoms with Crippen LogP contribution in [0.25, 0.3) is 11.3 Å². The predicted molar refractivity (Wildman–Crippen MR) is 134 cm³/mol. The summed E-state index contributed by atoms with van der Waals surface area (Å²) in [7, 11) is -3.37. The van der Waals surface area contributed by atoms with Gasteiger partial charge in [-0.1, -0.05) is 19.1 Å². The van der Waals surface area contributed by atoms with Gasteiger partial charge in [-0.05, 0) is 69.2 Å². The lowest BCUT2D eigenvalue weighted by Crippen LogP contribution is -2.27. The molecule has 0 saturated heterocycles. The van der Waals surface area contributed by atoms with Crippen LogP contribution in [0, 0.1) is 0 Å². The minimum Gasteiger partial charge on any atom is -0.465 e. The van der Waals surface area contributed by atoms with Gasteiger partial charge >= 0.3 is 18.2 Å². The molecular weight excluding hydrogens is 525 g/mol. The number of aromatic nitrogens is 1. The van der Waals surface area contributed by atoms with E-state index in [2.05, 4.69) is 9.46 Å². The molecule has 8 nitrogen and oxygen atoms in total. The van der Waals surface area contributed by atoms with Crippen molar-refractivity contribution in [1.82, 2.24) is 4.57 Å². The van der Waals surface area contributed by atoms with E-state index in [0.29, 0.717) is 11.6 Å². The van der Waals surface area contributed by atoms with Gasteiger partial charge in [0, 0.05) is 11.8 Å². The van der Waals surface area contributed by atoms with Gasteiger partial charge in [-0.3, -0.25) is 9.29 Å². The van der Waals surface area contributed by atoms with Crippen LogP contribution in [-0.4, -0.2) is 37.8 Å². The molecule has 0 atom stereocenters. The Hall–Kier alpha value is -3.80. The Morgan fingerprint density at radius 1 is 1.03 bits per heavy atom. The highest BCUT2D eigenvalue weighted by Crippen LogP contribution is 2.37. The molecule has 1 heterocycles. The fraction of sp³-hybridized carbons (Fsp3) is 0.308. The molecule has 0 spiro atoms. The summed E-state index contributed by atoms with van der Waals surface area (Å²) in [5, 5.41) is 0. The van der Waals surface area contributed by atoms with Crippen molar-refractivity contribution in [3.63, 3.8) is 0 Å². The van der Waals surface area contributed by atoms with Crippen LogP contribution >= 0.6 is 0 Å². The van der Waals surface area contributed by atoms with Crippen LogP contribution in [0.1, 0.15) is 49.2 Å². The molecule has 1 N–H and O–H groups in total. The van der Waals surface area contributed by atoms with E-state index in [4.69, 9.17) is 4.74 Å². The van der Waals surface area contributed by atoms with Crippen LogP contribution in [-0.2, 0) is 32.1 Å². The van der Waals surface area contributed by atoms with E-state index in [-0.39, 0.29) is 28.1 Å². The summed E-state index contributed by atoms with van der Waals surface area (Å²) in [6.45, 7) is 6.65. The molecular formula is C26H27F3N2O6S. The van der Waals surface area contributed by atoms with Crippen molar-refractivity contribution < 1.29 is 40.7 Å². The van der Waals surface area contributed by atoms with Gasteiger partial charge in [0.1, 0.15) is 5.60 Å². The molecule has 3 rings (SSSR count). The fourth-order valence-electron chi connectivity index (χ4n) is 3.64. The minimum absolute atomic E-state index is 0.000366. The van der Waals surface area contributed by atoms with Gasteiger partial charge in [0.25, 0.3) is 10.0 Å². The Morgan fingerprint density at radius 2 is 1.71 bits per heavy atom. The molecule has 1 aromatic heterocycles. The van der Waals surface area contributed by atoms with Crippen LogP contribution in [0.3, 0.4) is 0 Å². The molecule has 0 fully saturated rings. The molecule has 2 aromatic carbocycles. The van der Waals surface area contributed by atoms with E-state index in [1.807, 2.05) is 0 Å². The Bertz CT molecular complexity index is 1470. The first kappa shape index (κ1) is 28.8. The van der Waals surface area contributed by atoms with Gasteiger partial charge in [0.05, 0.1) is 34.5 Å². The van der Waals surface area contributed by atoms with Gasteiger partial charge in [-0.25, -0.2) is 18.0 Å². The Morgan fingerprint density at radius 3 is 2.29 bits per heavy atom. The summed E-state index contributed by atoms with van der Waals surface area (Å²) >= 11 is 0. The van der Waals surface area contributed by atoms with Gasteiger partial charge in [0.15, 0.2) is 0 Å². The molecule has 0 radical (unpaired) electrons. The number of ether oxygens (including phenoxy) is 2. The summed E-state index contributed by atoms with van der Waals surface area (Å²) in [4.78, 5) is 24.5. The van der Waals surface area contributed by atoms with E-state index in [1.54, 1.807) is 27.7 Å². The molecule has 38 heavy (non-hydrogen) atoms. The van der Waals surface area contributed by atoms with Crippen molar-refractivity contribution in [2.45, 2.75) is 50.8 Å². The van der Waals surface area contributed by atoms with Gasteiger partial charge in [-0.15, -0.1) is 0 Å². The van der Waals surface area contributed by atoms with E-state index in [1.165, 1.54) is 30.5 Å². The molecule has 204 valence electrons. The second kappa shape index (κ2) is 10.5. The summed E-state index contributed by atoms with van der Waals surface area (Å²) in [5.41, 5.74) is -2.00. The lowest BCUT2D eigenvalue weighted by molar-refractivity contribution is -0.137. The number of methoxy groups -OCH3 is 1. The first-order chi connectivity index (χ1) is 17.6. The van der Waals surface area contributed by atoms with Crippen LogP contribution < -0.4 is 4.72 Å². The zero-order chi connectivity index (χ0) is 28.5. The number of alkyl halides is 3. The standard InChI is InChI=1S/C26H27F3N2O6S/c1-6-16-9-10-17(23(32)36-5)14-22(16)38(34,35)30-20-15-18(26(27,28)29)11-12-19(20)21-8-7-13-31(21)24(33)37-25(2,3)4/h7-15,30H,6H2,1-5H3. The number of rotatable bonds is 6. The number of hydrogen-bond acceptors (Lipinski definition) is 6. The largest absolute Gasteiger partial charge is 0.465 e. The van der Waals surface area contributed by atoms with E-state index < -0.39 is 45.1 Å². The number of benzene rings is 2. The maximum absolute atomic E-state index is 13.6. The number of nitrogens with one attached hydrogen (secondary N) is 1. The molecule has 0 aliphatic rings. The highest BCUT2D eigenvalue weighted by atomic mass is 32.2. The lowest BCUT2D eigenvalue weighted by atomic mass is 10.1. The maximum Gasteiger partial charge on any atom is 0.418 e. The lowest BCUT2D eigenvalue weighted by Gasteiger charge is -2.21. The molecule has 0 aliphatic carbocycles. The number of carbonyl (C=O) groups is 2. The van der Waals surface area contributed by atoms with Crippen LogP contribution in [0.15, 0.2) is 59.6 Å². The number of nitrogens with zero attached hydrogens (tertiary/aromatic N) is 1. The highest BCUT2D eigenvalue weighted by molar-refractivity contribution is 7.92. The normalized spacial score (nSPS) is 12.2. The minimum atomic E-state index is -4.77. The van der Waals surface area contributed by atoms with Crippen molar-refractivity contribution in [2.24, 2.45) is 0 Å². The van der Waals surface area contributed by atoms with Gasteiger partial charge < -0.3 is 9.47 Å². The topological polar surface area (TPSA) is 104 Å². The van der Waals surface area contributed by atoms with Gasteiger partial charge in [0.2, 0.25) is 0 Å². The summed E-state index contributed by atoms with van der Waals surface area (Å²) in [6, 6.07) is 9.36. The van der Waals surface area contributed by atoms with Crippen LogP contribution in [0.4, 0.5) is 23.7 Å². The number of hydrogen-bond donors (Lipinski definition) is 1. The third-order valence-corrected chi connectivity index (χ3v) is 6.81. The number of carbonyl (C=O) groups excluding carboxylic acids is 2. The number of halogens is 3. The summed E-state index contributed by atoms with van der Waals surface area (Å²) in [6.07, 6.45) is -3.96. The second-order valence-electron chi connectivity index (χ2n) is 9.28. The number of aryl methyl sites for hydroxylation is 1. The Kier molecular flexibility index (Phi) is 7.96. The SMILES string of the molecule is CCc1ccc(C(=O)OC)cc1S(=O)(=O)Nc1cc(C(F)(F)F)ccc1-c1cccn1C(=O)OC(C)(C)C. The highest BCUT2D eigenvalue weighted by Gasteiger charge is 2.33. The van der Waals surface area contributed by atoms with E-state index >= 15 is 0 Å². The zero-order valence-electron chi connectivity index (χ0n) is 21.3. The monoisotopic (exact) mass is 552 g/mol. The molecule has 0 unspecified atom stereocenters. The molecule has 0 aliphatic heterocycles. The van der Waals surface area contributed by atoms with Crippen molar-refractivity contribution in [3.8, 4) is 11.3 Å². The fourth-order valence-corrected chi connectivity index (χ4v) is 5.05. The summed E-state index contributed by atoms with van der Waals surface area (Å²) in [5.74, 6) is -0.779. The van der Waals surface area contributed by atoms with Crippen molar-refractivity contribution in [2.75, 3.05) is 11.8 Å². The van der Waals surface area contributed by atoms with Crippen LogP contribution in [0.2, 0.25) is 0 Å². The Labute approximate surface area is 218 Å². The van der Waals surface area contributed by atoms with Crippen molar-refractivity contribution >= 4 is 27.8 Å². The Balaban J connectivity index is 2.18. The number of anilines is 1. The predicted octanol–water partition coefficient (Wildman–Crippen LogP) is 6.11. The average molecular weight is 553 g/mol. The van der Waals surface area contributed by atoms with E-state index in [9.17, 15) is 31.2 Å². The van der Waals surface area contributed by atoms with Gasteiger partial charge in [-0.2, -0.15) is 13.2 Å². The first-order valence-electron chi connectivity index (χ1n) is 11.4. The average Bonchev–Trinajstić information content (AvgIpc) is 3.31.